The van der Waals surface area contributed by atoms with Gasteiger partial charge in [-0.2, -0.15) is 0 Å². The minimum Gasteiger partial charge on any atom is -0.261 e. The number of aliphatic imine (C=N–C) groups is 1. The lowest BCUT2D eigenvalue weighted by Gasteiger charge is -2.14. The van der Waals surface area contributed by atoms with Crippen molar-refractivity contribution in [2.75, 3.05) is 0 Å². The van der Waals surface area contributed by atoms with Crippen molar-refractivity contribution in [1.82, 2.24) is 15.0 Å². The van der Waals surface area contributed by atoms with Crippen LogP contribution in [-0.2, 0) is 0 Å². The minimum absolute atomic E-state index is 0.251. The molecule has 1 aromatic heterocycles. The summed E-state index contributed by atoms with van der Waals surface area (Å²) in [4.78, 5) is 4.79. The first kappa shape index (κ1) is 14.3. The van der Waals surface area contributed by atoms with Crippen molar-refractivity contribution >= 4 is 17.2 Å². The van der Waals surface area contributed by atoms with Gasteiger partial charge in [-0.1, -0.05) is 78.0 Å². The van der Waals surface area contributed by atoms with Crippen LogP contribution in [0.15, 0.2) is 89.9 Å². The molecule has 0 aliphatic carbocycles. The molecule has 3 aromatic carbocycles. The highest BCUT2D eigenvalue weighted by atomic mass is 15.5. The average Bonchev–Trinajstić information content (AvgIpc) is 3.08. The van der Waals surface area contributed by atoms with Crippen LogP contribution in [0.4, 0.5) is 0 Å². The van der Waals surface area contributed by atoms with Gasteiger partial charge in [0.1, 0.15) is 5.52 Å². The molecule has 0 bridgehead atoms. The zero-order valence-corrected chi connectivity index (χ0v) is 13.0. The van der Waals surface area contributed by atoms with Gasteiger partial charge in [-0.3, -0.25) is 4.99 Å². The molecule has 0 saturated heterocycles. The number of nitrogens with zero attached hydrogens (tertiary/aromatic N) is 4. The van der Waals surface area contributed by atoms with E-state index < -0.39 is 0 Å². The van der Waals surface area contributed by atoms with E-state index in [1.54, 1.807) is 0 Å². The van der Waals surface area contributed by atoms with Crippen molar-refractivity contribution in [2.24, 2.45) is 4.99 Å². The van der Waals surface area contributed by atoms with E-state index in [-0.39, 0.29) is 6.17 Å². The zero-order valence-electron chi connectivity index (χ0n) is 13.0. The summed E-state index contributed by atoms with van der Waals surface area (Å²) in [6.45, 7) is 0. The largest absolute Gasteiger partial charge is 0.261 e. The summed E-state index contributed by atoms with van der Waals surface area (Å²) in [6, 6.07) is 28.1. The van der Waals surface area contributed by atoms with E-state index in [0.717, 1.165) is 22.2 Å². The summed E-state index contributed by atoms with van der Waals surface area (Å²) in [7, 11) is 0. The SMILES string of the molecule is C(=N[C@H](c1ccccc1)n1nnc2ccccc21)c1ccccc1. The van der Waals surface area contributed by atoms with Crippen LogP contribution < -0.4 is 0 Å². The van der Waals surface area contributed by atoms with Crippen molar-refractivity contribution in [3.8, 4) is 0 Å². The molecule has 4 heteroatoms. The Morgan fingerprint density at radius 3 is 2.25 bits per heavy atom. The summed E-state index contributed by atoms with van der Waals surface area (Å²) >= 11 is 0. The zero-order chi connectivity index (χ0) is 16.2. The Bertz CT molecular complexity index is 959. The predicted octanol–water partition coefficient (Wildman–Crippen LogP) is 4.10. The molecule has 4 aromatic rings. The van der Waals surface area contributed by atoms with E-state index in [9.17, 15) is 0 Å². The summed E-state index contributed by atoms with van der Waals surface area (Å²) < 4.78 is 1.87. The Balaban J connectivity index is 1.80. The summed E-state index contributed by atoms with van der Waals surface area (Å²) in [5, 5.41) is 8.60. The molecule has 0 N–H and O–H groups in total. The second kappa shape index (κ2) is 6.46. The first-order valence-corrected chi connectivity index (χ1v) is 7.85. The molecule has 4 nitrogen and oxygen atoms in total. The monoisotopic (exact) mass is 312 g/mol. The van der Waals surface area contributed by atoms with Gasteiger partial charge in [-0.05, 0) is 23.3 Å². The highest BCUT2D eigenvalue weighted by Crippen LogP contribution is 2.23. The molecule has 0 fully saturated rings. The average molecular weight is 312 g/mol. The molecule has 0 unspecified atom stereocenters. The molecule has 0 amide bonds. The fraction of sp³-hybridized carbons (Fsp3) is 0.0500. The maximum absolute atomic E-state index is 4.79. The second-order valence-electron chi connectivity index (χ2n) is 5.50. The van der Waals surface area contributed by atoms with Crippen LogP contribution in [-0.4, -0.2) is 21.2 Å². The quantitative estimate of drug-likeness (QED) is 0.533. The van der Waals surface area contributed by atoms with Crippen LogP contribution in [0, 0.1) is 0 Å². The van der Waals surface area contributed by atoms with Crippen LogP contribution >= 0.6 is 0 Å². The second-order valence-corrected chi connectivity index (χ2v) is 5.50. The molecule has 0 aliphatic rings. The van der Waals surface area contributed by atoms with Gasteiger partial charge in [0.15, 0.2) is 6.17 Å². The maximum atomic E-state index is 4.79. The Kier molecular flexibility index (Phi) is 3.86. The van der Waals surface area contributed by atoms with Gasteiger partial charge in [0.2, 0.25) is 0 Å². The predicted molar refractivity (Wildman–Crippen MR) is 96.1 cm³/mol. The lowest BCUT2D eigenvalue weighted by Crippen LogP contribution is -2.10. The maximum Gasteiger partial charge on any atom is 0.169 e. The van der Waals surface area contributed by atoms with Crippen molar-refractivity contribution in [1.29, 1.82) is 0 Å². The van der Waals surface area contributed by atoms with Crippen LogP contribution in [0.2, 0.25) is 0 Å². The molecule has 0 aliphatic heterocycles. The van der Waals surface area contributed by atoms with E-state index >= 15 is 0 Å². The van der Waals surface area contributed by atoms with Gasteiger partial charge in [-0.15, -0.1) is 5.10 Å². The van der Waals surface area contributed by atoms with E-state index in [4.69, 9.17) is 4.99 Å². The van der Waals surface area contributed by atoms with Gasteiger partial charge in [0.25, 0.3) is 0 Å². The van der Waals surface area contributed by atoms with E-state index in [0.29, 0.717) is 0 Å². The first-order valence-electron chi connectivity index (χ1n) is 7.85. The lowest BCUT2D eigenvalue weighted by molar-refractivity contribution is 0.543. The summed E-state index contributed by atoms with van der Waals surface area (Å²) in [5.41, 5.74) is 3.97. The van der Waals surface area contributed by atoms with Crippen LogP contribution in [0.1, 0.15) is 17.3 Å². The van der Waals surface area contributed by atoms with Crippen molar-refractivity contribution < 1.29 is 0 Å². The van der Waals surface area contributed by atoms with Gasteiger partial charge in [0.05, 0.1) is 5.52 Å². The number of aromatic nitrogens is 3. The van der Waals surface area contributed by atoms with Gasteiger partial charge in [0, 0.05) is 6.21 Å². The molecule has 116 valence electrons. The molecule has 24 heavy (non-hydrogen) atoms. The third kappa shape index (κ3) is 2.82. The third-order valence-corrected chi connectivity index (χ3v) is 3.87. The van der Waals surface area contributed by atoms with Gasteiger partial charge >= 0.3 is 0 Å². The topological polar surface area (TPSA) is 43.1 Å². The molecule has 0 saturated carbocycles. The molecular formula is C20H16N4. The number of hydrogen-bond donors (Lipinski definition) is 0. The summed E-state index contributed by atoms with van der Waals surface area (Å²) in [5.74, 6) is 0. The Hall–Kier alpha value is -3.27. The molecule has 0 spiro atoms. The van der Waals surface area contributed by atoms with Crippen molar-refractivity contribution in [3.63, 3.8) is 0 Å². The first-order chi connectivity index (χ1) is 11.9. The van der Waals surface area contributed by atoms with E-state index in [1.807, 2.05) is 83.7 Å². The number of rotatable bonds is 4. The molecule has 4 rings (SSSR count). The van der Waals surface area contributed by atoms with Crippen LogP contribution in [0.5, 0.6) is 0 Å². The van der Waals surface area contributed by atoms with Crippen LogP contribution in [0.3, 0.4) is 0 Å². The van der Waals surface area contributed by atoms with E-state index in [1.165, 1.54) is 0 Å². The van der Waals surface area contributed by atoms with Crippen molar-refractivity contribution in [2.45, 2.75) is 6.17 Å². The van der Waals surface area contributed by atoms with Gasteiger partial charge in [-0.25, -0.2) is 4.68 Å². The smallest absolute Gasteiger partial charge is 0.169 e. The number of benzene rings is 3. The molecule has 1 atom stereocenters. The highest BCUT2D eigenvalue weighted by molar-refractivity contribution is 5.80. The normalized spacial score (nSPS) is 12.7. The van der Waals surface area contributed by atoms with Crippen LogP contribution in [0.25, 0.3) is 11.0 Å². The highest BCUT2D eigenvalue weighted by Gasteiger charge is 2.15. The fourth-order valence-electron chi connectivity index (χ4n) is 2.68. The Labute approximate surface area is 140 Å². The number of fused-ring (bicyclic) bond motifs is 1. The third-order valence-electron chi connectivity index (χ3n) is 3.87. The number of hydrogen-bond acceptors (Lipinski definition) is 3. The molecular weight excluding hydrogens is 296 g/mol. The Morgan fingerprint density at radius 2 is 1.46 bits per heavy atom. The van der Waals surface area contributed by atoms with Gasteiger partial charge < -0.3 is 0 Å². The lowest BCUT2D eigenvalue weighted by atomic mass is 10.1. The Morgan fingerprint density at radius 1 is 0.792 bits per heavy atom. The summed E-state index contributed by atoms with van der Waals surface area (Å²) in [6.07, 6.45) is 1.63. The standard InChI is InChI=1S/C20H16N4/c1-3-9-16(10-4-1)15-21-20(17-11-5-2-6-12-17)24-19-14-8-7-13-18(19)22-23-24/h1-15,20H/t20-/m0/s1. The minimum atomic E-state index is -0.251. The van der Waals surface area contributed by atoms with Crippen molar-refractivity contribution in [3.05, 3.63) is 96.1 Å². The van der Waals surface area contributed by atoms with E-state index in [2.05, 4.69) is 22.4 Å². The molecule has 0 radical (unpaired) electrons. The molecule has 1 heterocycles. The fourth-order valence-corrected chi connectivity index (χ4v) is 2.68. The number of para-hydroxylation sites is 1.